The van der Waals surface area contributed by atoms with Gasteiger partial charge in [0.2, 0.25) is 6.79 Å². The normalized spacial score (nSPS) is 16.4. The van der Waals surface area contributed by atoms with Crippen molar-refractivity contribution in [3.63, 3.8) is 0 Å². The van der Waals surface area contributed by atoms with Gasteiger partial charge < -0.3 is 29.4 Å². The van der Waals surface area contributed by atoms with Crippen molar-refractivity contribution in [2.24, 2.45) is 0 Å². The highest BCUT2D eigenvalue weighted by molar-refractivity contribution is 6.31. The molecular formula is C26H22ClN3O4. The van der Waals surface area contributed by atoms with Gasteiger partial charge in [0, 0.05) is 39.9 Å². The Morgan fingerprint density at radius 1 is 1.09 bits per heavy atom. The number of ether oxygens (including phenoxy) is 3. The van der Waals surface area contributed by atoms with Gasteiger partial charge in [0.15, 0.2) is 11.5 Å². The zero-order chi connectivity index (χ0) is 23.2. The average Bonchev–Trinajstić information content (AvgIpc) is 3.47. The minimum Gasteiger partial charge on any atom is -0.497 e. The number of methoxy groups -OCH3 is 1. The Kier molecular flexibility index (Phi) is 4.99. The van der Waals surface area contributed by atoms with Gasteiger partial charge in [-0.15, -0.1) is 0 Å². The second kappa shape index (κ2) is 8.18. The highest BCUT2D eigenvalue weighted by atomic mass is 35.5. The summed E-state index contributed by atoms with van der Waals surface area (Å²) in [4.78, 5) is 18.9. The largest absolute Gasteiger partial charge is 0.497 e. The molecule has 0 bridgehead atoms. The molecule has 0 spiro atoms. The lowest BCUT2D eigenvalue weighted by atomic mass is 9.92. The number of halogens is 1. The first-order chi connectivity index (χ1) is 16.6. The van der Waals surface area contributed by atoms with Crippen LogP contribution in [0, 0.1) is 0 Å². The van der Waals surface area contributed by atoms with Crippen LogP contribution >= 0.6 is 11.6 Å². The maximum atomic E-state index is 13.5. The summed E-state index contributed by atoms with van der Waals surface area (Å²) >= 11 is 6.29. The number of nitrogens with zero attached hydrogens (tertiary/aromatic N) is 1. The summed E-state index contributed by atoms with van der Waals surface area (Å²) in [5.41, 5.74) is 4.82. The van der Waals surface area contributed by atoms with E-state index in [1.165, 1.54) is 5.56 Å². The molecule has 2 N–H and O–H groups in total. The van der Waals surface area contributed by atoms with Gasteiger partial charge in [-0.05, 0) is 60.0 Å². The Hall–Kier alpha value is -3.84. The third-order valence-electron chi connectivity index (χ3n) is 6.41. The molecule has 8 heteroatoms. The van der Waals surface area contributed by atoms with Crippen LogP contribution in [0.2, 0.25) is 5.02 Å². The number of carbonyl (C=O) groups is 1. The molecule has 1 aromatic heterocycles. The molecule has 3 aromatic carbocycles. The number of fused-ring (bicyclic) bond motifs is 4. The third kappa shape index (κ3) is 3.49. The standard InChI is InChI=1S/C26H22ClN3O4/c1-32-18-6-2-15(3-7-18)25-24-19(20-12-16(27)4-8-21(20)29-24)10-11-30(25)26(31)28-17-5-9-22-23(13-17)34-14-33-22/h2-9,12-13,25,29H,10-11,14H2,1H3,(H,28,31)/t25-/m0/s1. The van der Waals surface area contributed by atoms with E-state index in [0.29, 0.717) is 28.8 Å². The SMILES string of the molecule is COc1ccc([C@H]2c3[nH]c4ccc(Cl)cc4c3CCN2C(=O)Nc2ccc3c(c2)OCO3)cc1. The number of rotatable bonds is 3. The molecule has 34 heavy (non-hydrogen) atoms. The molecule has 2 aliphatic heterocycles. The second-order valence-corrected chi connectivity index (χ2v) is 8.76. The van der Waals surface area contributed by atoms with E-state index in [0.717, 1.165) is 34.3 Å². The zero-order valence-electron chi connectivity index (χ0n) is 18.4. The summed E-state index contributed by atoms with van der Waals surface area (Å²) in [6, 6.07) is 18.6. The smallest absolute Gasteiger partial charge is 0.322 e. The minimum absolute atomic E-state index is 0.186. The molecule has 7 nitrogen and oxygen atoms in total. The number of hydrogen-bond donors (Lipinski definition) is 2. The van der Waals surface area contributed by atoms with E-state index in [2.05, 4.69) is 10.3 Å². The highest BCUT2D eigenvalue weighted by Gasteiger charge is 2.35. The Morgan fingerprint density at radius 2 is 1.91 bits per heavy atom. The molecule has 0 saturated carbocycles. The van der Waals surface area contributed by atoms with Crippen molar-refractivity contribution >= 4 is 34.2 Å². The van der Waals surface area contributed by atoms with E-state index in [9.17, 15) is 4.79 Å². The lowest BCUT2D eigenvalue weighted by Crippen LogP contribution is -2.43. The monoisotopic (exact) mass is 475 g/mol. The van der Waals surface area contributed by atoms with E-state index < -0.39 is 0 Å². The molecule has 0 radical (unpaired) electrons. The molecule has 172 valence electrons. The molecule has 2 aliphatic rings. The fraction of sp³-hybridized carbons (Fsp3) is 0.192. The summed E-state index contributed by atoms with van der Waals surface area (Å²) in [5, 5.41) is 4.82. The highest BCUT2D eigenvalue weighted by Crippen LogP contribution is 2.40. The summed E-state index contributed by atoms with van der Waals surface area (Å²) in [5.74, 6) is 2.06. The number of nitrogens with one attached hydrogen (secondary N) is 2. The fourth-order valence-corrected chi connectivity index (χ4v) is 4.95. The van der Waals surface area contributed by atoms with Crippen LogP contribution in [0.1, 0.15) is 22.9 Å². The quantitative estimate of drug-likeness (QED) is 0.396. The van der Waals surface area contributed by atoms with Crippen molar-refractivity contribution < 1.29 is 19.0 Å². The first-order valence-electron chi connectivity index (χ1n) is 11.0. The minimum atomic E-state index is -0.296. The van der Waals surface area contributed by atoms with Crippen molar-refractivity contribution in [3.8, 4) is 17.2 Å². The Balaban J connectivity index is 1.39. The topological polar surface area (TPSA) is 75.8 Å². The maximum Gasteiger partial charge on any atom is 0.322 e. The van der Waals surface area contributed by atoms with Gasteiger partial charge in [0.25, 0.3) is 0 Å². The van der Waals surface area contributed by atoms with Gasteiger partial charge in [0.05, 0.1) is 13.2 Å². The number of benzene rings is 3. The molecule has 0 aliphatic carbocycles. The van der Waals surface area contributed by atoms with Crippen LogP contribution in [-0.2, 0) is 6.42 Å². The fourth-order valence-electron chi connectivity index (χ4n) is 4.78. The van der Waals surface area contributed by atoms with E-state index in [1.807, 2.05) is 53.4 Å². The van der Waals surface area contributed by atoms with Crippen molar-refractivity contribution in [1.82, 2.24) is 9.88 Å². The molecule has 0 fully saturated rings. The number of aromatic nitrogens is 1. The summed E-state index contributed by atoms with van der Waals surface area (Å²) < 4.78 is 16.2. The molecule has 2 amide bonds. The number of carbonyl (C=O) groups excluding carboxylic acids is 1. The van der Waals surface area contributed by atoms with Gasteiger partial charge in [-0.25, -0.2) is 4.79 Å². The van der Waals surface area contributed by atoms with Crippen LogP contribution in [0.5, 0.6) is 17.2 Å². The lowest BCUT2D eigenvalue weighted by molar-refractivity contribution is 0.174. The summed E-state index contributed by atoms with van der Waals surface area (Å²) in [6.45, 7) is 0.741. The first kappa shape index (κ1) is 20.7. The number of hydrogen-bond acceptors (Lipinski definition) is 4. The Morgan fingerprint density at radius 3 is 2.74 bits per heavy atom. The van der Waals surface area contributed by atoms with Gasteiger partial charge in [-0.3, -0.25) is 0 Å². The predicted molar refractivity (Wildman–Crippen MR) is 130 cm³/mol. The molecular weight excluding hydrogens is 454 g/mol. The summed E-state index contributed by atoms with van der Waals surface area (Å²) in [6.07, 6.45) is 0.719. The first-order valence-corrected chi connectivity index (χ1v) is 11.4. The van der Waals surface area contributed by atoms with Gasteiger partial charge in [-0.2, -0.15) is 0 Å². The maximum absolute atomic E-state index is 13.5. The van der Waals surface area contributed by atoms with Crippen LogP contribution in [0.25, 0.3) is 10.9 Å². The van der Waals surface area contributed by atoms with Crippen LogP contribution in [-0.4, -0.2) is 36.4 Å². The van der Waals surface area contributed by atoms with Gasteiger partial charge in [0.1, 0.15) is 5.75 Å². The van der Waals surface area contributed by atoms with Crippen LogP contribution in [0.4, 0.5) is 10.5 Å². The molecule has 1 atom stereocenters. The van der Waals surface area contributed by atoms with E-state index >= 15 is 0 Å². The van der Waals surface area contributed by atoms with Crippen molar-refractivity contribution in [2.45, 2.75) is 12.5 Å². The zero-order valence-corrected chi connectivity index (χ0v) is 19.2. The van der Waals surface area contributed by atoms with Crippen molar-refractivity contribution in [3.05, 3.63) is 82.5 Å². The molecule has 0 unspecified atom stereocenters. The average molecular weight is 476 g/mol. The predicted octanol–water partition coefficient (Wildman–Crippen LogP) is 5.74. The van der Waals surface area contributed by atoms with E-state index in [1.54, 1.807) is 19.2 Å². The van der Waals surface area contributed by atoms with Gasteiger partial charge >= 0.3 is 6.03 Å². The summed E-state index contributed by atoms with van der Waals surface area (Å²) in [7, 11) is 1.64. The number of amides is 2. The lowest BCUT2D eigenvalue weighted by Gasteiger charge is -2.36. The molecule has 6 rings (SSSR count). The Labute approximate surface area is 201 Å². The number of H-pyrrole nitrogens is 1. The number of anilines is 1. The molecule has 3 heterocycles. The van der Waals surface area contributed by atoms with Crippen LogP contribution in [0.3, 0.4) is 0 Å². The number of urea groups is 1. The third-order valence-corrected chi connectivity index (χ3v) is 6.64. The Bertz CT molecular complexity index is 1400. The van der Waals surface area contributed by atoms with Crippen LogP contribution in [0.15, 0.2) is 60.7 Å². The van der Waals surface area contributed by atoms with Crippen LogP contribution < -0.4 is 19.5 Å². The number of aromatic amines is 1. The van der Waals surface area contributed by atoms with E-state index in [4.69, 9.17) is 25.8 Å². The molecule has 4 aromatic rings. The van der Waals surface area contributed by atoms with E-state index in [-0.39, 0.29) is 18.9 Å². The van der Waals surface area contributed by atoms with Gasteiger partial charge in [-0.1, -0.05) is 23.7 Å². The van der Waals surface area contributed by atoms with Crippen molar-refractivity contribution in [1.29, 1.82) is 0 Å². The van der Waals surface area contributed by atoms with Crippen molar-refractivity contribution in [2.75, 3.05) is 25.8 Å². The second-order valence-electron chi connectivity index (χ2n) is 8.32. The molecule has 0 saturated heterocycles.